The molecule has 1 atom stereocenters. The first kappa shape index (κ1) is 13.6. The van der Waals surface area contributed by atoms with Gasteiger partial charge in [-0.25, -0.2) is 0 Å². The molecule has 1 aromatic heterocycles. The lowest BCUT2D eigenvalue weighted by molar-refractivity contribution is 0.176. The summed E-state index contributed by atoms with van der Waals surface area (Å²) in [5.74, 6) is 0.754. The molecule has 102 valence electrons. The number of ether oxygens (including phenoxy) is 1. The Labute approximate surface area is 113 Å². The van der Waals surface area contributed by atoms with Crippen molar-refractivity contribution in [3.8, 4) is 5.75 Å². The Morgan fingerprint density at radius 3 is 2.74 bits per heavy atom. The van der Waals surface area contributed by atoms with E-state index in [2.05, 4.69) is 18.9 Å². The molecule has 0 aliphatic carbocycles. The Balaban J connectivity index is 2.08. The van der Waals surface area contributed by atoms with E-state index in [1.54, 1.807) is 7.11 Å². The second kappa shape index (κ2) is 5.89. The maximum atomic E-state index is 10.2. The van der Waals surface area contributed by atoms with Crippen LogP contribution in [0.1, 0.15) is 37.3 Å². The first-order valence-electron chi connectivity index (χ1n) is 6.46. The molecule has 0 spiro atoms. The van der Waals surface area contributed by atoms with Crippen molar-refractivity contribution in [2.75, 3.05) is 7.11 Å². The summed E-state index contributed by atoms with van der Waals surface area (Å²) in [5, 5.41) is 14.7. The van der Waals surface area contributed by atoms with Crippen LogP contribution in [0.4, 0.5) is 0 Å². The summed E-state index contributed by atoms with van der Waals surface area (Å²) < 4.78 is 7.06. The molecule has 4 nitrogen and oxygen atoms in total. The highest BCUT2D eigenvalue weighted by Gasteiger charge is 2.12. The molecule has 2 rings (SSSR count). The molecule has 1 aromatic carbocycles. The van der Waals surface area contributed by atoms with Crippen LogP contribution in [0.15, 0.2) is 36.5 Å². The molecule has 2 aromatic rings. The number of hydrogen-bond donors (Lipinski definition) is 1. The quantitative estimate of drug-likeness (QED) is 0.899. The standard InChI is InChI=1S/C15H20N2O2/c1-11(2)17-8-7-13(16-17)10-15(18)12-5-4-6-14(9-12)19-3/h4-9,11,15,18H,10H2,1-3H3. The minimum absolute atomic E-state index is 0.336. The summed E-state index contributed by atoms with van der Waals surface area (Å²) in [6.07, 6.45) is 1.89. The third kappa shape index (κ3) is 3.35. The van der Waals surface area contributed by atoms with Crippen molar-refractivity contribution in [1.82, 2.24) is 9.78 Å². The molecule has 0 aliphatic heterocycles. The highest BCUT2D eigenvalue weighted by Crippen LogP contribution is 2.22. The number of hydrogen-bond acceptors (Lipinski definition) is 3. The zero-order valence-electron chi connectivity index (χ0n) is 11.6. The fraction of sp³-hybridized carbons (Fsp3) is 0.400. The van der Waals surface area contributed by atoms with E-state index in [0.29, 0.717) is 12.5 Å². The van der Waals surface area contributed by atoms with E-state index in [-0.39, 0.29) is 0 Å². The maximum Gasteiger partial charge on any atom is 0.119 e. The van der Waals surface area contributed by atoms with E-state index in [0.717, 1.165) is 17.0 Å². The molecule has 1 N–H and O–H groups in total. The summed E-state index contributed by atoms with van der Waals surface area (Å²) in [4.78, 5) is 0. The SMILES string of the molecule is COc1cccc(C(O)Cc2ccn(C(C)C)n2)c1. The van der Waals surface area contributed by atoms with Gasteiger partial charge in [0, 0.05) is 18.7 Å². The Bertz CT molecular complexity index is 534. The number of rotatable bonds is 5. The number of methoxy groups -OCH3 is 1. The van der Waals surface area contributed by atoms with Crippen molar-refractivity contribution in [3.05, 3.63) is 47.8 Å². The lowest BCUT2D eigenvalue weighted by atomic mass is 10.0. The molecule has 0 saturated carbocycles. The van der Waals surface area contributed by atoms with Crippen LogP contribution in [-0.4, -0.2) is 22.0 Å². The number of benzene rings is 1. The van der Waals surface area contributed by atoms with Gasteiger partial charge in [-0.05, 0) is 37.6 Å². The molecule has 0 saturated heterocycles. The molecular formula is C15H20N2O2. The van der Waals surface area contributed by atoms with Crippen LogP contribution in [-0.2, 0) is 6.42 Å². The Hall–Kier alpha value is -1.81. The van der Waals surface area contributed by atoms with Crippen LogP contribution in [0, 0.1) is 0 Å². The van der Waals surface area contributed by atoms with Crippen LogP contribution in [0.5, 0.6) is 5.75 Å². The molecule has 1 heterocycles. The summed E-state index contributed by atoms with van der Waals surface area (Å²) in [7, 11) is 1.62. The van der Waals surface area contributed by atoms with Crippen LogP contribution in [0.2, 0.25) is 0 Å². The van der Waals surface area contributed by atoms with Gasteiger partial charge in [0.25, 0.3) is 0 Å². The average molecular weight is 260 g/mol. The molecule has 1 unspecified atom stereocenters. The monoisotopic (exact) mass is 260 g/mol. The lowest BCUT2D eigenvalue weighted by Gasteiger charge is -2.11. The number of nitrogens with zero attached hydrogens (tertiary/aromatic N) is 2. The zero-order valence-corrected chi connectivity index (χ0v) is 11.6. The topological polar surface area (TPSA) is 47.3 Å². The predicted octanol–water partition coefficient (Wildman–Crippen LogP) is 2.75. The van der Waals surface area contributed by atoms with Crippen molar-refractivity contribution in [2.45, 2.75) is 32.4 Å². The minimum Gasteiger partial charge on any atom is -0.497 e. The summed E-state index contributed by atoms with van der Waals surface area (Å²) in [6, 6.07) is 9.77. The predicted molar refractivity (Wildman–Crippen MR) is 74.3 cm³/mol. The molecule has 0 bridgehead atoms. The van der Waals surface area contributed by atoms with Gasteiger partial charge in [0.15, 0.2) is 0 Å². The van der Waals surface area contributed by atoms with Crippen LogP contribution >= 0.6 is 0 Å². The van der Waals surface area contributed by atoms with Crippen LogP contribution in [0.25, 0.3) is 0 Å². The molecule has 19 heavy (non-hydrogen) atoms. The van der Waals surface area contributed by atoms with Crippen molar-refractivity contribution >= 4 is 0 Å². The highest BCUT2D eigenvalue weighted by molar-refractivity contribution is 5.30. The second-order valence-electron chi connectivity index (χ2n) is 4.88. The molecule has 0 fully saturated rings. The zero-order chi connectivity index (χ0) is 13.8. The van der Waals surface area contributed by atoms with Gasteiger partial charge < -0.3 is 9.84 Å². The van der Waals surface area contributed by atoms with E-state index < -0.39 is 6.10 Å². The second-order valence-corrected chi connectivity index (χ2v) is 4.88. The lowest BCUT2D eigenvalue weighted by Crippen LogP contribution is -2.05. The van der Waals surface area contributed by atoms with E-state index in [1.807, 2.05) is 41.2 Å². The van der Waals surface area contributed by atoms with E-state index in [1.165, 1.54) is 0 Å². The molecule has 4 heteroatoms. The van der Waals surface area contributed by atoms with Gasteiger partial charge >= 0.3 is 0 Å². The Morgan fingerprint density at radius 1 is 1.32 bits per heavy atom. The summed E-state index contributed by atoms with van der Waals surface area (Å²) in [5.41, 5.74) is 1.74. The maximum absolute atomic E-state index is 10.2. The first-order valence-corrected chi connectivity index (χ1v) is 6.46. The fourth-order valence-corrected chi connectivity index (χ4v) is 1.94. The van der Waals surface area contributed by atoms with Crippen LogP contribution < -0.4 is 4.74 Å². The third-order valence-electron chi connectivity index (χ3n) is 3.07. The Morgan fingerprint density at radius 2 is 2.11 bits per heavy atom. The fourth-order valence-electron chi connectivity index (χ4n) is 1.94. The first-order chi connectivity index (χ1) is 9.10. The Kier molecular flexibility index (Phi) is 4.22. The van der Waals surface area contributed by atoms with Gasteiger partial charge in [0.1, 0.15) is 5.75 Å². The summed E-state index contributed by atoms with van der Waals surface area (Å²) >= 11 is 0. The normalized spacial score (nSPS) is 12.7. The number of aliphatic hydroxyl groups excluding tert-OH is 1. The smallest absolute Gasteiger partial charge is 0.119 e. The molecule has 0 amide bonds. The van der Waals surface area contributed by atoms with E-state index >= 15 is 0 Å². The van der Waals surface area contributed by atoms with Gasteiger partial charge in [-0.15, -0.1) is 0 Å². The van der Waals surface area contributed by atoms with Gasteiger partial charge in [-0.2, -0.15) is 5.10 Å². The highest BCUT2D eigenvalue weighted by atomic mass is 16.5. The molecular weight excluding hydrogens is 240 g/mol. The summed E-state index contributed by atoms with van der Waals surface area (Å²) in [6.45, 7) is 4.16. The van der Waals surface area contributed by atoms with Crippen molar-refractivity contribution in [2.24, 2.45) is 0 Å². The van der Waals surface area contributed by atoms with E-state index in [9.17, 15) is 5.11 Å². The largest absolute Gasteiger partial charge is 0.497 e. The van der Waals surface area contributed by atoms with Gasteiger partial charge in [-0.3, -0.25) is 4.68 Å². The average Bonchev–Trinajstić information content (AvgIpc) is 2.87. The van der Waals surface area contributed by atoms with E-state index in [4.69, 9.17) is 4.74 Å². The van der Waals surface area contributed by atoms with Crippen molar-refractivity contribution in [1.29, 1.82) is 0 Å². The third-order valence-corrected chi connectivity index (χ3v) is 3.07. The van der Waals surface area contributed by atoms with Gasteiger partial charge in [0.05, 0.1) is 18.9 Å². The molecule has 0 aliphatic rings. The van der Waals surface area contributed by atoms with Crippen LogP contribution in [0.3, 0.4) is 0 Å². The minimum atomic E-state index is -0.564. The van der Waals surface area contributed by atoms with Gasteiger partial charge in [-0.1, -0.05) is 12.1 Å². The van der Waals surface area contributed by atoms with Crippen molar-refractivity contribution in [3.63, 3.8) is 0 Å². The molecule has 0 radical (unpaired) electrons. The number of aliphatic hydroxyl groups is 1. The number of aromatic nitrogens is 2. The van der Waals surface area contributed by atoms with Crippen molar-refractivity contribution < 1.29 is 9.84 Å². The van der Waals surface area contributed by atoms with Gasteiger partial charge in [0.2, 0.25) is 0 Å².